The topological polar surface area (TPSA) is 49.8 Å². The first-order valence-electron chi connectivity index (χ1n) is 5.08. The van der Waals surface area contributed by atoms with Crippen molar-refractivity contribution in [3.8, 4) is 0 Å². The highest BCUT2D eigenvalue weighted by Gasteiger charge is 2.23. The van der Waals surface area contributed by atoms with Gasteiger partial charge in [-0.1, -0.05) is 24.3 Å². The highest BCUT2D eigenvalue weighted by Crippen LogP contribution is 2.22. The molecule has 0 amide bonds. The van der Waals surface area contributed by atoms with Crippen molar-refractivity contribution in [1.29, 1.82) is 0 Å². The average Bonchev–Trinajstić information content (AvgIpc) is 2.30. The number of para-hydroxylation sites is 1. The fourth-order valence-electron chi connectivity index (χ4n) is 1.62. The minimum Gasteiger partial charge on any atom is -0.479 e. The maximum absolute atomic E-state index is 10.8. The van der Waals surface area contributed by atoms with Gasteiger partial charge in [0.1, 0.15) is 0 Å². The van der Waals surface area contributed by atoms with Crippen LogP contribution in [0.15, 0.2) is 36.4 Å². The Bertz CT molecular complexity index is 428. The van der Waals surface area contributed by atoms with Crippen LogP contribution in [0.25, 0.3) is 0 Å². The fourth-order valence-corrected chi connectivity index (χ4v) is 1.62. The summed E-state index contributed by atoms with van der Waals surface area (Å²) in [6.45, 7) is 2.53. The Morgan fingerprint density at radius 1 is 1.50 bits per heavy atom. The number of carboxylic acids is 1. The number of hydroxylamine groups is 1. The zero-order valence-electron chi connectivity index (χ0n) is 8.96. The summed E-state index contributed by atoms with van der Waals surface area (Å²) >= 11 is 0. The van der Waals surface area contributed by atoms with Crippen molar-refractivity contribution >= 4 is 11.7 Å². The lowest BCUT2D eigenvalue weighted by atomic mass is 10.2. The van der Waals surface area contributed by atoms with Crippen LogP contribution in [0, 0.1) is 6.92 Å². The van der Waals surface area contributed by atoms with Crippen LogP contribution in [0.1, 0.15) is 5.56 Å². The molecule has 0 aromatic heterocycles. The molecule has 0 spiro atoms. The number of hydrogen-bond acceptors (Lipinski definition) is 3. The molecule has 4 nitrogen and oxygen atoms in total. The number of aryl methyl sites for hydroxylation is 1. The second-order valence-corrected chi connectivity index (χ2v) is 3.64. The van der Waals surface area contributed by atoms with Crippen LogP contribution in [0.2, 0.25) is 0 Å². The molecule has 16 heavy (non-hydrogen) atoms. The number of carboxylic acid groups (broad SMARTS) is 1. The number of hydrogen-bond donors (Lipinski definition) is 1. The molecule has 2 rings (SSSR count). The van der Waals surface area contributed by atoms with E-state index in [9.17, 15) is 4.79 Å². The van der Waals surface area contributed by atoms with Crippen molar-refractivity contribution in [2.75, 3.05) is 11.6 Å². The van der Waals surface area contributed by atoms with E-state index >= 15 is 0 Å². The zero-order chi connectivity index (χ0) is 11.5. The van der Waals surface area contributed by atoms with Crippen molar-refractivity contribution in [3.05, 3.63) is 42.0 Å². The molecule has 0 bridgehead atoms. The molecule has 4 heteroatoms. The third-order valence-electron chi connectivity index (χ3n) is 2.45. The summed E-state index contributed by atoms with van der Waals surface area (Å²) in [6, 6.07) is 7.72. The minimum absolute atomic E-state index is 0.564. The largest absolute Gasteiger partial charge is 0.479 e. The van der Waals surface area contributed by atoms with Gasteiger partial charge in [-0.2, -0.15) is 0 Å². The van der Waals surface area contributed by atoms with E-state index in [0.29, 0.717) is 6.54 Å². The van der Waals surface area contributed by atoms with Crippen molar-refractivity contribution < 1.29 is 14.7 Å². The Labute approximate surface area is 93.7 Å². The van der Waals surface area contributed by atoms with Crippen LogP contribution in [-0.2, 0) is 9.63 Å². The number of rotatable bonds is 2. The predicted octanol–water partition coefficient (Wildman–Crippen LogP) is 1.76. The normalized spacial score (nSPS) is 19.8. The molecular weight excluding hydrogens is 206 g/mol. The van der Waals surface area contributed by atoms with Crippen LogP contribution in [-0.4, -0.2) is 23.7 Å². The second-order valence-electron chi connectivity index (χ2n) is 3.64. The van der Waals surface area contributed by atoms with E-state index in [4.69, 9.17) is 9.94 Å². The molecule has 1 heterocycles. The number of nitrogens with zero attached hydrogens (tertiary/aromatic N) is 1. The lowest BCUT2D eigenvalue weighted by molar-refractivity contribution is -0.148. The minimum atomic E-state index is -0.977. The molecule has 0 saturated carbocycles. The highest BCUT2D eigenvalue weighted by molar-refractivity contribution is 5.75. The van der Waals surface area contributed by atoms with Gasteiger partial charge in [0.05, 0.1) is 12.2 Å². The first-order chi connectivity index (χ1) is 7.68. The lowest BCUT2D eigenvalue weighted by Crippen LogP contribution is -2.37. The SMILES string of the molecule is Cc1ccccc1N1CC=CC(C(=O)O)O1. The summed E-state index contributed by atoms with van der Waals surface area (Å²) in [6.07, 6.45) is 2.46. The van der Waals surface area contributed by atoms with E-state index in [2.05, 4.69) is 0 Å². The molecule has 1 aliphatic heterocycles. The smallest absolute Gasteiger partial charge is 0.339 e. The van der Waals surface area contributed by atoms with E-state index in [-0.39, 0.29) is 0 Å². The Morgan fingerprint density at radius 3 is 2.94 bits per heavy atom. The standard InChI is InChI=1S/C12H13NO3/c1-9-5-2-3-6-10(9)13-8-4-7-11(16-13)12(14)15/h2-7,11H,8H2,1H3,(H,14,15). The first kappa shape index (κ1) is 10.7. The molecule has 0 fully saturated rings. The first-order valence-corrected chi connectivity index (χ1v) is 5.08. The van der Waals surface area contributed by atoms with Crippen molar-refractivity contribution in [2.45, 2.75) is 13.0 Å². The summed E-state index contributed by atoms with van der Waals surface area (Å²) < 4.78 is 0. The van der Waals surface area contributed by atoms with Gasteiger partial charge < -0.3 is 5.11 Å². The van der Waals surface area contributed by atoms with Crippen molar-refractivity contribution in [2.24, 2.45) is 0 Å². The summed E-state index contributed by atoms with van der Waals surface area (Å²) in [5, 5.41) is 10.5. The van der Waals surface area contributed by atoms with Gasteiger partial charge >= 0.3 is 5.97 Å². The van der Waals surface area contributed by atoms with Gasteiger partial charge in [0.15, 0.2) is 0 Å². The van der Waals surface area contributed by atoms with E-state index in [1.807, 2.05) is 31.2 Å². The molecule has 84 valence electrons. The Kier molecular flexibility index (Phi) is 2.92. The van der Waals surface area contributed by atoms with Gasteiger partial charge in [0.2, 0.25) is 6.10 Å². The third kappa shape index (κ3) is 2.06. The van der Waals surface area contributed by atoms with Crippen LogP contribution in [0.5, 0.6) is 0 Å². The van der Waals surface area contributed by atoms with E-state index in [1.54, 1.807) is 17.2 Å². The quantitative estimate of drug-likeness (QED) is 0.770. The summed E-state index contributed by atoms with van der Waals surface area (Å²) in [7, 11) is 0. The number of carbonyl (C=O) groups is 1. The molecule has 0 aliphatic carbocycles. The maximum atomic E-state index is 10.8. The Balaban J connectivity index is 2.21. The predicted molar refractivity (Wildman–Crippen MR) is 60.2 cm³/mol. The summed E-state index contributed by atoms with van der Waals surface area (Å²) in [5.41, 5.74) is 1.96. The van der Waals surface area contributed by atoms with Crippen LogP contribution in [0.4, 0.5) is 5.69 Å². The molecule has 1 aromatic rings. The van der Waals surface area contributed by atoms with Crippen LogP contribution < -0.4 is 5.06 Å². The van der Waals surface area contributed by atoms with Gasteiger partial charge in [0.25, 0.3) is 0 Å². The van der Waals surface area contributed by atoms with E-state index < -0.39 is 12.1 Å². The zero-order valence-corrected chi connectivity index (χ0v) is 8.96. The van der Waals surface area contributed by atoms with Crippen molar-refractivity contribution in [3.63, 3.8) is 0 Å². The third-order valence-corrected chi connectivity index (χ3v) is 2.45. The van der Waals surface area contributed by atoms with E-state index in [1.165, 1.54) is 0 Å². The van der Waals surface area contributed by atoms with Crippen LogP contribution >= 0.6 is 0 Å². The van der Waals surface area contributed by atoms with Gasteiger partial charge in [-0.15, -0.1) is 0 Å². The van der Waals surface area contributed by atoms with Gasteiger partial charge in [-0.05, 0) is 24.6 Å². The molecule has 1 aromatic carbocycles. The average molecular weight is 219 g/mol. The Morgan fingerprint density at radius 2 is 2.25 bits per heavy atom. The monoisotopic (exact) mass is 219 g/mol. The second kappa shape index (κ2) is 4.37. The Hall–Kier alpha value is -1.81. The highest BCUT2D eigenvalue weighted by atomic mass is 16.7. The fraction of sp³-hybridized carbons (Fsp3) is 0.250. The maximum Gasteiger partial charge on any atom is 0.339 e. The van der Waals surface area contributed by atoms with Gasteiger partial charge in [-0.3, -0.25) is 4.84 Å². The molecule has 1 N–H and O–H groups in total. The van der Waals surface area contributed by atoms with Crippen molar-refractivity contribution in [1.82, 2.24) is 0 Å². The number of anilines is 1. The lowest BCUT2D eigenvalue weighted by Gasteiger charge is -2.29. The summed E-state index contributed by atoms with van der Waals surface area (Å²) in [5.74, 6) is -0.977. The molecule has 0 saturated heterocycles. The summed E-state index contributed by atoms with van der Waals surface area (Å²) in [4.78, 5) is 16.2. The number of benzene rings is 1. The van der Waals surface area contributed by atoms with Gasteiger partial charge in [0, 0.05) is 0 Å². The molecular formula is C12H13NO3. The number of aliphatic carboxylic acids is 1. The van der Waals surface area contributed by atoms with Crippen LogP contribution in [0.3, 0.4) is 0 Å². The molecule has 1 unspecified atom stereocenters. The van der Waals surface area contributed by atoms with E-state index in [0.717, 1.165) is 11.3 Å². The molecule has 1 atom stereocenters. The molecule has 1 aliphatic rings. The van der Waals surface area contributed by atoms with Gasteiger partial charge in [-0.25, -0.2) is 9.86 Å². The molecule has 0 radical (unpaired) electrons.